The third kappa shape index (κ3) is 1.45. The van der Waals surface area contributed by atoms with Gasteiger partial charge >= 0.3 is 0 Å². The monoisotopic (exact) mass is 210 g/mol. The first-order valence-electron chi connectivity index (χ1n) is 4.95. The highest BCUT2D eigenvalue weighted by molar-refractivity contribution is 6.31. The molecule has 0 aliphatic heterocycles. The van der Waals surface area contributed by atoms with Crippen molar-refractivity contribution in [2.24, 2.45) is 5.92 Å². The highest BCUT2D eigenvalue weighted by atomic mass is 35.5. The Morgan fingerprint density at radius 2 is 2.14 bits per heavy atom. The van der Waals surface area contributed by atoms with Crippen LogP contribution in [-0.2, 0) is 11.2 Å². The van der Waals surface area contributed by atoms with Crippen LogP contribution in [0.1, 0.15) is 29.7 Å². The molecule has 0 saturated carbocycles. The van der Waals surface area contributed by atoms with Gasteiger partial charge in [-0.2, -0.15) is 0 Å². The molecule has 2 unspecified atom stereocenters. The minimum Gasteiger partial charge on any atom is -0.376 e. The summed E-state index contributed by atoms with van der Waals surface area (Å²) in [5.74, 6) is 0.536. The molecule has 0 N–H and O–H groups in total. The van der Waals surface area contributed by atoms with Crippen LogP contribution >= 0.6 is 11.6 Å². The molecule has 2 heteroatoms. The number of ether oxygens (including phenoxy) is 1. The Bertz CT molecular complexity index is 360. The first-order valence-corrected chi connectivity index (χ1v) is 5.33. The Kier molecular flexibility index (Phi) is 2.54. The van der Waals surface area contributed by atoms with Gasteiger partial charge in [0, 0.05) is 12.1 Å². The van der Waals surface area contributed by atoms with Gasteiger partial charge in [-0.25, -0.2) is 0 Å². The second-order valence-electron chi connectivity index (χ2n) is 4.15. The molecule has 1 aliphatic carbocycles. The summed E-state index contributed by atoms with van der Waals surface area (Å²) in [4.78, 5) is 0. The van der Waals surface area contributed by atoms with Gasteiger partial charge in [-0.1, -0.05) is 24.6 Å². The molecule has 0 heterocycles. The van der Waals surface area contributed by atoms with Crippen LogP contribution in [0.25, 0.3) is 0 Å². The number of fused-ring (bicyclic) bond motifs is 1. The predicted molar refractivity (Wildman–Crippen MR) is 58.8 cm³/mol. The van der Waals surface area contributed by atoms with Crippen molar-refractivity contribution >= 4 is 11.6 Å². The number of hydrogen-bond donors (Lipinski definition) is 0. The van der Waals surface area contributed by atoms with Crippen LogP contribution in [-0.4, -0.2) is 7.11 Å². The number of rotatable bonds is 1. The Morgan fingerprint density at radius 1 is 1.43 bits per heavy atom. The number of methoxy groups -OCH3 is 1. The molecule has 1 aromatic rings. The lowest BCUT2D eigenvalue weighted by Crippen LogP contribution is -2.05. The van der Waals surface area contributed by atoms with Crippen LogP contribution < -0.4 is 0 Å². The third-order valence-electron chi connectivity index (χ3n) is 2.98. The average Bonchev–Trinajstić information content (AvgIpc) is 2.41. The minimum absolute atomic E-state index is 0.224. The van der Waals surface area contributed by atoms with E-state index in [0.717, 1.165) is 11.4 Å². The van der Waals surface area contributed by atoms with Crippen molar-refractivity contribution in [3.63, 3.8) is 0 Å². The van der Waals surface area contributed by atoms with E-state index < -0.39 is 0 Å². The molecule has 0 fully saturated rings. The summed E-state index contributed by atoms with van der Waals surface area (Å²) in [7, 11) is 1.77. The lowest BCUT2D eigenvalue weighted by Gasteiger charge is -2.14. The lowest BCUT2D eigenvalue weighted by molar-refractivity contribution is 0.0695. The zero-order valence-corrected chi connectivity index (χ0v) is 9.56. The van der Waals surface area contributed by atoms with Crippen molar-refractivity contribution in [1.29, 1.82) is 0 Å². The Hall–Kier alpha value is -0.530. The summed E-state index contributed by atoms with van der Waals surface area (Å²) < 4.78 is 5.50. The Labute approximate surface area is 90.0 Å². The third-order valence-corrected chi connectivity index (χ3v) is 3.31. The summed E-state index contributed by atoms with van der Waals surface area (Å²) in [6.45, 7) is 4.28. The molecular formula is C12H15ClO. The van der Waals surface area contributed by atoms with Gasteiger partial charge in [0.15, 0.2) is 0 Å². The SMILES string of the molecule is COC1c2cc(C)cc(Cl)c2CC1C. The van der Waals surface area contributed by atoms with Crippen molar-refractivity contribution in [3.05, 3.63) is 33.8 Å². The van der Waals surface area contributed by atoms with Crippen LogP contribution in [0.3, 0.4) is 0 Å². The zero-order valence-electron chi connectivity index (χ0n) is 8.80. The van der Waals surface area contributed by atoms with Gasteiger partial charge in [-0.05, 0) is 42.0 Å². The maximum Gasteiger partial charge on any atom is 0.0853 e. The normalized spacial score (nSPS) is 25.1. The van der Waals surface area contributed by atoms with Gasteiger partial charge in [-0.3, -0.25) is 0 Å². The van der Waals surface area contributed by atoms with Crippen LogP contribution in [0.2, 0.25) is 5.02 Å². The van der Waals surface area contributed by atoms with Crippen molar-refractivity contribution in [3.8, 4) is 0 Å². The highest BCUT2D eigenvalue weighted by Crippen LogP contribution is 2.41. The van der Waals surface area contributed by atoms with Gasteiger partial charge in [0.25, 0.3) is 0 Å². The lowest BCUT2D eigenvalue weighted by atomic mass is 10.0. The first kappa shape index (κ1) is 10.0. The molecule has 0 bridgehead atoms. The fourth-order valence-corrected chi connectivity index (χ4v) is 2.72. The van der Waals surface area contributed by atoms with E-state index in [1.54, 1.807) is 7.11 Å². The zero-order chi connectivity index (χ0) is 10.3. The van der Waals surface area contributed by atoms with E-state index in [1.807, 2.05) is 6.07 Å². The molecular weight excluding hydrogens is 196 g/mol. The van der Waals surface area contributed by atoms with E-state index in [1.165, 1.54) is 16.7 Å². The van der Waals surface area contributed by atoms with E-state index in [4.69, 9.17) is 16.3 Å². The van der Waals surface area contributed by atoms with Crippen molar-refractivity contribution in [2.75, 3.05) is 7.11 Å². The molecule has 0 amide bonds. The standard InChI is InChI=1S/C12H15ClO/c1-7-4-10-9(11(13)5-7)6-8(2)12(10)14-3/h4-5,8,12H,6H2,1-3H3. The van der Waals surface area contributed by atoms with Gasteiger partial charge < -0.3 is 4.74 Å². The van der Waals surface area contributed by atoms with E-state index in [-0.39, 0.29) is 6.10 Å². The van der Waals surface area contributed by atoms with Crippen molar-refractivity contribution in [2.45, 2.75) is 26.4 Å². The topological polar surface area (TPSA) is 9.23 Å². The molecule has 1 aromatic carbocycles. The van der Waals surface area contributed by atoms with Crippen molar-refractivity contribution < 1.29 is 4.74 Å². The van der Waals surface area contributed by atoms with E-state index in [0.29, 0.717) is 5.92 Å². The molecule has 0 radical (unpaired) electrons. The first-order chi connectivity index (χ1) is 6.63. The fraction of sp³-hybridized carbons (Fsp3) is 0.500. The number of halogens is 1. The quantitative estimate of drug-likeness (QED) is 0.689. The number of hydrogen-bond acceptors (Lipinski definition) is 1. The maximum absolute atomic E-state index is 6.21. The van der Waals surface area contributed by atoms with Crippen LogP contribution in [0.4, 0.5) is 0 Å². The van der Waals surface area contributed by atoms with E-state index >= 15 is 0 Å². The highest BCUT2D eigenvalue weighted by Gasteiger charge is 2.30. The second kappa shape index (κ2) is 3.56. The summed E-state index contributed by atoms with van der Waals surface area (Å²) in [5.41, 5.74) is 3.77. The molecule has 2 rings (SSSR count). The van der Waals surface area contributed by atoms with Crippen LogP contribution in [0.15, 0.2) is 12.1 Å². The fourth-order valence-electron chi connectivity index (χ4n) is 2.36. The minimum atomic E-state index is 0.224. The predicted octanol–water partition coefficient (Wildman–Crippen LogP) is 3.53. The van der Waals surface area contributed by atoms with E-state index in [2.05, 4.69) is 19.9 Å². The van der Waals surface area contributed by atoms with Gasteiger partial charge in [0.2, 0.25) is 0 Å². The summed E-state index contributed by atoms with van der Waals surface area (Å²) >= 11 is 6.21. The molecule has 76 valence electrons. The largest absolute Gasteiger partial charge is 0.376 e. The molecule has 0 spiro atoms. The van der Waals surface area contributed by atoms with Crippen molar-refractivity contribution in [1.82, 2.24) is 0 Å². The van der Waals surface area contributed by atoms with Crippen LogP contribution in [0, 0.1) is 12.8 Å². The Balaban J connectivity index is 2.53. The van der Waals surface area contributed by atoms with Crippen LogP contribution in [0.5, 0.6) is 0 Å². The molecule has 0 saturated heterocycles. The summed E-state index contributed by atoms with van der Waals surface area (Å²) in [6.07, 6.45) is 1.26. The molecule has 2 atom stereocenters. The number of benzene rings is 1. The molecule has 14 heavy (non-hydrogen) atoms. The Morgan fingerprint density at radius 3 is 2.79 bits per heavy atom. The van der Waals surface area contributed by atoms with E-state index in [9.17, 15) is 0 Å². The maximum atomic E-state index is 6.21. The smallest absolute Gasteiger partial charge is 0.0853 e. The second-order valence-corrected chi connectivity index (χ2v) is 4.56. The van der Waals surface area contributed by atoms with Gasteiger partial charge in [0.05, 0.1) is 6.10 Å². The molecule has 1 nitrogen and oxygen atoms in total. The van der Waals surface area contributed by atoms with Gasteiger partial charge in [0.1, 0.15) is 0 Å². The summed E-state index contributed by atoms with van der Waals surface area (Å²) in [5, 5.41) is 0.895. The van der Waals surface area contributed by atoms with Gasteiger partial charge in [-0.15, -0.1) is 0 Å². The molecule has 0 aromatic heterocycles. The summed E-state index contributed by atoms with van der Waals surface area (Å²) in [6, 6.07) is 4.23. The average molecular weight is 211 g/mol. The number of aryl methyl sites for hydroxylation is 1. The molecule has 1 aliphatic rings.